The maximum Gasteiger partial charge on any atom is 0.260 e. The maximum atomic E-state index is 12.3. The normalized spacial score (nSPS) is 15.3. The van der Waals surface area contributed by atoms with Crippen LogP contribution in [0.3, 0.4) is 0 Å². The third-order valence-corrected chi connectivity index (χ3v) is 4.71. The molecule has 0 aliphatic carbocycles. The van der Waals surface area contributed by atoms with Crippen LogP contribution in [0, 0.1) is 0 Å². The fraction of sp³-hybridized carbons (Fsp3) is 0.300. The average molecular weight is 350 g/mol. The average Bonchev–Trinajstić information content (AvgIpc) is 3.10. The lowest BCUT2D eigenvalue weighted by molar-refractivity contribution is -0.135. The van der Waals surface area contributed by atoms with Gasteiger partial charge in [-0.05, 0) is 24.3 Å². The molecule has 1 fully saturated rings. The summed E-state index contributed by atoms with van der Waals surface area (Å²) in [5.41, 5.74) is 2.14. The summed E-state index contributed by atoms with van der Waals surface area (Å²) < 4.78 is 7.68. The first-order valence-corrected chi connectivity index (χ1v) is 8.88. The van der Waals surface area contributed by atoms with Crippen molar-refractivity contribution in [3.63, 3.8) is 0 Å². The number of carbonyl (C=O) groups is 1. The van der Waals surface area contributed by atoms with Gasteiger partial charge in [-0.15, -0.1) is 0 Å². The number of fused-ring (bicyclic) bond motifs is 1. The number of imidazole rings is 1. The van der Waals surface area contributed by atoms with Crippen LogP contribution in [0.1, 0.15) is 5.69 Å². The monoisotopic (exact) mass is 350 g/mol. The molecule has 0 spiro atoms. The quantitative estimate of drug-likeness (QED) is 0.707. The highest BCUT2D eigenvalue weighted by Gasteiger charge is 2.22. The van der Waals surface area contributed by atoms with E-state index in [2.05, 4.69) is 14.3 Å². The van der Waals surface area contributed by atoms with Crippen molar-refractivity contribution in [2.45, 2.75) is 6.54 Å². The Kier molecular flexibility index (Phi) is 4.84. The van der Waals surface area contributed by atoms with Crippen molar-refractivity contribution in [3.05, 3.63) is 66.6 Å². The Morgan fingerprint density at radius 2 is 1.77 bits per heavy atom. The predicted molar refractivity (Wildman–Crippen MR) is 99.0 cm³/mol. The fourth-order valence-corrected chi connectivity index (χ4v) is 3.24. The first kappa shape index (κ1) is 16.6. The summed E-state index contributed by atoms with van der Waals surface area (Å²) in [5, 5.41) is 0. The Morgan fingerprint density at radius 3 is 2.58 bits per heavy atom. The van der Waals surface area contributed by atoms with Gasteiger partial charge in [-0.2, -0.15) is 0 Å². The number of amides is 1. The van der Waals surface area contributed by atoms with Crippen molar-refractivity contribution in [1.29, 1.82) is 0 Å². The summed E-state index contributed by atoms with van der Waals surface area (Å²) in [4.78, 5) is 21.0. The highest BCUT2D eigenvalue weighted by Crippen LogP contribution is 2.12. The van der Waals surface area contributed by atoms with E-state index in [1.165, 1.54) is 5.69 Å². The molecule has 1 amide bonds. The van der Waals surface area contributed by atoms with Crippen molar-refractivity contribution in [3.8, 4) is 5.75 Å². The van der Waals surface area contributed by atoms with Gasteiger partial charge in [-0.3, -0.25) is 9.69 Å². The lowest BCUT2D eigenvalue weighted by Crippen LogP contribution is -2.49. The van der Waals surface area contributed by atoms with Crippen LogP contribution in [0.15, 0.2) is 60.9 Å². The summed E-state index contributed by atoms with van der Waals surface area (Å²) in [7, 11) is 0. The van der Waals surface area contributed by atoms with Crippen LogP contribution in [-0.4, -0.2) is 57.9 Å². The number of nitrogens with zero attached hydrogens (tertiary/aromatic N) is 4. The smallest absolute Gasteiger partial charge is 0.260 e. The van der Waals surface area contributed by atoms with E-state index >= 15 is 0 Å². The molecule has 1 aromatic carbocycles. The van der Waals surface area contributed by atoms with Gasteiger partial charge in [0.15, 0.2) is 6.61 Å². The first-order valence-electron chi connectivity index (χ1n) is 8.88. The zero-order valence-electron chi connectivity index (χ0n) is 14.6. The summed E-state index contributed by atoms with van der Waals surface area (Å²) in [5.74, 6) is 0.774. The maximum absolute atomic E-state index is 12.3. The zero-order valence-corrected chi connectivity index (χ0v) is 14.6. The van der Waals surface area contributed by atoms with E-state index in [0.717, 1.165) is 44.1 Å². The molecule has 0 atom stereocenters. The number of para-hydroxylation sites is 1. The number of benzene rings is 1. The predicted octanol–water partition coefficient (Wildman–Crippen LogP) is 2.06. The van der Waals surface area contributed by atoms with E-state index in [1.807, 2.05) is 65.8 Å². The van der Waals surface area contributed by atoms with Gasteiger partial charge in [0.25, 0.3) is 5.91 Å². The summed E-state index contributed by atoms with van der Waals surface area (Å²) in [6.07, 6.45) is 3.97. The summed E-state index contributed by atoms with van der Waals surface area (Å²) in [6, 6.07) is 15.5. The third kappa shape index (κ3) is 3.70. The van der Waals surface area contributed by atoms with Crippen LogP contribution in [0.25, 0.3) is 5.65 Å². The van der Waals surface area contributed by atoms with E-state index < -0.39 is 0 Å². The minimum atomic E-state index is 0.0447. The van der Waals surface area contributed by atoms with Crippen molar-refractivity contribution in [1.82, 2.24) is 19.2 Å². The highest BCUT2D eigenvalue weighted by atomic mass is 16.5. The van der Waals surface area contributed by atoms with Crippen LogP contribution < -0.4 is 4.74 Å². The minimum Gasteiger partial charge on any atom is -0.484 e. The fourth-order valence-electron chi connectivity index (χ4n) is 3.24. The van der Waals surface area contributed by atoms with Gasteiger partial charge < -0.3 is 14.0 Å². The van der Waals surface area contributed by atoms with Crippen LogP contribution in [0.4, 0.5) is 0 Å². The number of ether oxygens (including phenoxy) is 1. The molecular formula is C20H22N4O2. The molecule has 0 radical (unpaired) electrons. The van der Waals surface area contributed by atoms with E-state index in [9.17, 15) is 4.79 Å². The molecule has 6 nitrogen and oxygen atoms in total. The van der Waals surface area contributed by atoms with Gasteiger partial charge in [0, 0.05) is 38.9 Å². The Bertz CT molecular complexity index is 870. The number of rotatable bonds is 5. The molecule has 1 saturated heterocycles. The van der Waals surface area contributed by atoms with Crippen molar-refractivity contribution < 1.29 is 9.53 Å². The van der Waals surface area contributed by atoms with Crippen LogP contribution in [-0.2, 0) is 11.3 Å². The topological polar surface area (TPSA) is 50.1 Å². The molecule has 26 heavy (non-hydrogen) atoms. The molecule has 0 N–H and O–H groups in total. The SMILES string of the molecule is O=C(COc1ccccc1)N1CCN(Cc2cnc3ccccn23)CC1. The number of carbonyl (C=O) groups excluding carboxylic acids is 1. The standard InChI is InChI=1S/C20H22N4O2/c25-20(16-26-18-6-2-1-3-7-18)23-12-10-22(11-13-23)15-17-14-21-19-8-4-5-9-24(17)19/h1-9,14H,10-13,15-16H2. The Hall–Kier alpha value is -2.86. The number of piperazine rings is 1. The molecule has 3 heterocycles. The van der Waals surface area contributed by atoms with Gasteiger partial charge >= 0.3 is 0 Å². The van der Waals surface area contributed by atoms with Crippen molar-refractivity contribution in [2.24, 2.45) is 0 Å². The summed E-state index contributed by atoms with van der Waals surface area (Å²) >= 11 is 0. The third-order valence-electron chi connectivity index (χ3n) is 4.71. The second-order valence-electron chi connectivity index (χ2n) is 6.44. The van der Waals surface area contributed by atoms with Crippen LogP contribution >= 0.6 is 0 Å². The molecule has 0 bridgehead atoms. The number of hydrogen-bond donors (Lipinski definition) is 0. The zero-order chi connectivity index (χ0) is 17.8. The van der Waals surface area contributed by atoms with Crippen LogP contribution in [0.5, 0.6) is 5.75 Å². The second-order valence-corrected chi connectivity index (χ2v) is 6.44. The van der Waals surface area contributed by atoms with E-state index in [4.69, 9.17) is 4.74 Å². The van der Waals surface area contributed by atoms with Gasteiger partial charge in [-0.25, -0.2) is 4.98 Å². The van der Waals surface area contributed by atoms with Gasteiger partial charge in [0.2, 0.25) is 0 Å². The van der Waals surface area contributed by atoms with E-state index in [-0.39, 0.29) is 12.5 Å². The molecule has 0 saturated carbocycles. The number of aromatic nitrogens is 2. The first-order chi connectivity index (χ1) is 12.8. The molecule has 2 aromatic heterocycles. The van der Waals surface area contributed by atoms with Gasteiger partial charge in [0.05, 0.1) is 11.9 Å². The number of hydrogen-bond acceptors (Lipinski definition) is 4. The molecule has 3 aromatic rings. The minimum absolute atomic E-state index is 0.0447. The van der Waals surface area contributed by atoms with E-state index in [1.54, 1.807) is 0 Å². The second kappa shape index (κ2) is 7.58. The highest BCUT2D eigenvalue weighted by molar-refractivity contribution is 5.77. The molecule has 0 unspecified atom stereocenters. The molecule has 1 aliphatic rings. The lowest BCUT2D eigenvalue weighted by atomic mass is 10.3. The molecule has 4 rings (SSSR count). The van der Waals surface area contributed by atoms with Crippen LogP contribution in [0.2, 0.25) is 0 Å². The largest absolute Gasteiger partial charge is 0.484 e. The van der Waals surface area contributed by atoms with Gasteiger partial charge in [0.1, 0.15) is 11.4 Å². The van der Waals surface area contributed by atoms with E-state index in [0.29, 0.717) is 0 Å². The molecule has 1 aliphatic heterocycles. The molecular weight excluding hydrogens is 328 g/mol. The Morgan fingerprint density at radius 1 is 1.00 bits per heavy atom. The van der Waals surface area contributed by atoms with Crippen molar-refractivity contribution >= 4 is 11.6 Å². The Balaban J connectivity index is 1.28. The van der Waals surface area contributed by atoms with Crippen molar-refractivity contribution in [2.75, 3.05) is 32.8 Å². The summed E-state index contributed by atoms with van der Waals surface area (Å²) in [6.45, 7) is 4.11. The van der Waals surface area contributed by atoms with Gasteiger partial charge in [-0.1, -0.05) is 24.3 Å². The number of pyridine rings is 1. The molecule has 6 heteroatoms. The lowest BCUT2D eigenvalue weighted by Gasteiger charge is -2.34. The molecule has 134 valence electrons. The Labute approximate surface area is 152 Å².